The first kappa shape index (κ1) is 33.4. The van der Waals surface area contributed by atoms with Gasteiger partial charge in [0.05, 0.1) is 0 Å². The minimum atomic E-state index is -0.463. The first-order valence-electron chi connectivity index (χ1n) is 14.3. The molecule has 0 rings (SSSR count). The minimum absolute atomic E-state index is 0.0111. The second kappa shape index (κ2) is 24.1. The Balaban J connectivity index is 3.98. The van der Waals surface area contributed by atoms with Gasteiger partial charge < -0.3 is 21.3 Å². The molecule has 7 nitrogen and oxygen atoms in total. The molecule has 0 radical (unpaired) electrons. The van der Waals surface area contributed by atoms with Crippen molar-refractivity contribution in [3.05, 3.63) is 0 Å². The molecule has 0 aliphatic heterocycles. The van der Waals surface area contributed by atoms with Gasteiger partial charge in [-0.25, -0.2) is 0 Å². The van der Waals surface area contributed by atoms with Gasteiger partial charge in [-0.05, 0) is 46.3 Å². The molecule has 0 bridgehead atoms. The van der Waals surface area contributed by atoms with Crippen molar-refractivity contribution in [1.82, 2.24) is 15.5 Å². The summed E-state index contributed by atoms with van der Waals surface area (Å²) in [6.45, 7) is 3.88. The van der Waals surface area contributed by atoms with Crippen molar-refractivity contribution >= 4 is 17.7 Å². The molecule has 7 heteroatoms. The van der Waals surface area contributed by atoms with Crippen LogP contribution >= 0.6 is 0 Å². The van der Waals surface area contributed by atoms with Crippen LogP contribution in [0.3, 0.4) is 0 Å². The van der Waals surface area contributed by atoms with E-state index in [1.54, 1.807) is 0 Å². The Morgan fingerprint density at radius 2 is 1.26 bits per heavy atom. The highest BCUT2D eigenvalue weighted by Crippen LogP contribution is 2.12. The molecule has 35 heavy (non-hydrogen) atoms. The zero-order valence-corrected chi connectivity index (χ0v) is 23.2. The highest BCUT2D eigenvalue weighted by atomic mass is 16.2. The van der Waals surface area contributed by atoms with E-state index in [2.05, 4.69) is 36.6 Å². The van der Waals surface area contributed by atoms with E-state index in [4.69, 9.17) is 5.73 Å². The molecule has 3 amide bonds. The van der Waals surface area contributed by atoms with E-state index in [1.165, 1.54) is 57.8 Å². The van der Waals surface area contributed by atoms with Gasteiger partial charge in [0.15, 0.2) is 0 Å². The molecule has 0 saturated carbocycles. The van der Waals surface area contributed by atoms with E-state index in [0.29, 0.717) is 19.4 Å². The van der Waals surface area contributed by atoms with Crippen molar-refractivity contribution in [2.45, 2.75) is 135 Å². The van der Waals surface area contributed by atoms with Gasteiger partial charge in [0.1, 0.15) is 0 Å². The monoisotopic (exact) mass is 496 g/mol. The molecule has 0 fully saturated rings. The van der Waals surface area contributed by atoms with Gasteiger partial charge in [-0.15, -0.1) is 0 Å². The van der Waals surface area contributed by atoms with Crippen molar-refractivity contribution < 1.29 is 14.4 Å². The summed E-state index contributed by atoms with van der Waals surface area (Å²) < 4.78 is 0. The Labute approximate surface area is 215 Å². The molecule has 1 atom stereocenters. The van der Waals surface area contributed by atoms with Crippen LogP contribution in [0.2, 0.25) is 0 Å². The average Bonchev–Trinajstić information content (AvgIpc) is 2.80. The van der Waals surface area contributed by atoms with Crippen LogP contribution in [0.15, 0.2) is 0 Å². The summed E-state index contributed by atoms with van der Waals surface area (Å²) in [5, 5.41) is 6.05. The van der Waals surface area contributed by atoms with Gasteiger partial charge in [-0.3, -0.25) is 14.4 Å². The number of rotatable bonds is 25. The Morgan fingerprint density at radius 3 is 1.83 bits per heavy atom. The lowest BCUT2D eigenvalue weighted by molar-refractivity contribution is -0.125. The Kier molecular flexibility index (Phi) is 23.0. The lowest BCUT2D eigenvalue weighted by Gasteiger charge is -2.19. The number of carbonyl (C=O) groups is 3. The molecule has 1 unspecified atom stereocenters. The normalized spacial score (nSPS) is 12.0. The highest BCUT2D eigenvalue weighted by Gasteiger charge is 2.13. The number of carbonyl (C=O) groups excluding carboxylic acids is 3. The van der Waals surface area contributed by atoms with Crippen molar-refractivity contribution in [3.63, 3.8) is 0 Å². The molecule has 206 valence electrons. The summed E-state index contributed by atoms with van der Waals surface area (Å²) in [6.07, 6.45) is 19.6. The SMILES string of the molecule is CCCCCCCCCCCCCC(=O)NCCC(CCCCCN(C)C)NC(=O)CCC(N)=O. The maximum atomic E-state index is 12.2. The number of nitrogens with two attached hydrogens (primary N) is 1. The van der Waals surface area contributed by atoms with E-state index in [0.717, 1.165) is 45.1 Å². The number of unbranched alkanes of at least 4 members (excludes halogenated alkanes) is 12. The second-order valence-corrected chi connectivity index (χ2v) is 10.3. The number of hydrogen-bond donors (Lipinski definition) is 3. The standard InChI is InChI=1S/C28H56N4O3/c1-4-5-6-7-8-9-10-11-12-13-16-19-27(34)30-23-22-25(18-15-14-17-24-32(2)3)31-28(35)21-20-26(29)33/h25H,4-24H2,1-3H3,(H2,29,33)(H,30,34)(H,31,35). The predicted octanol–water partition coefficient (Wildman–Crippen LogP) is 5.07. The maximum Gasteiger partial charge on any atom is 0.220 e. The maximum absolute atomic E-state index is 12.2. The third-order valence-electron chi connectivity index (χ3n) is 6.44. The summed E-state index contributed by atoms with van der Waals surface area (Å²) in [5.41, 5.74) is 5.15. The molecule has 0 aromatic heterocycles. The molecular weight excluding hydrogens is 440 g/mol. The zero-order valence-electron chi connectivity index (χ0n) is 23.2. The van der Waals surface area contributed by atoms with Gasteiger partial charge in [-0.2, -0.15) is 0 Å². The quantitative estimate of drug-likeness (QED) is 0.154. The first-order chi connectivity index (χ1) is 16.8. The molecule has 0 aliphatic carbocycles. The zero-order chi connectivity index (χ0) is 26.2. The van der Waals surface area contributed by atoms with Crippen LogP contribution in [-0.4, -0.2) is 55.8 Å². The third kappa shape index (κ3) is 25.3. The van der Waals surface area contributed by atoms with Crippen LogP contribution < -0.4 is 16.4 Å². The topological polar surface area (TPSA) is 105 Å². The van der Waals surface area contributed by atoms with Gasteiger partial charge >= 0.3 is 0 Å². The smallest absolute Gasteiger partial charge is 0.220 e. The van der Waals surface area contributed by atoms with Crippen LogP contribution in [0.1, 0.15) is 129 Å². The summed E-state index contributed by atoms with van der Waals surface area (Å²) in [7, 11) is 4.14. The van der Waals surface area contributed by atoms with Crippen LogP contribution in [0.4, 0.5) is 0 Å². The van der Waals surface area contributed by atoms with E-state index in [1.807, 2.05) is 0 Å². The average molecular weight is 497 g/mol. The van der Waals surface area contributed by atoms with Crippen molar-refractivity contribution in [2.75, 3.05) is 27.2 Å². The van der Waals surface area contributed by atoms with E-state index >= 15 is 0 Å². The molecule has 4 N–H and O–H groups in total. The summed E-state index contributed by atoms with van der Waals surface area (Å²) in [6, 6.07) is 0.0111. The lowest BCUT2D eigenvalue weighted by atomic mass is 10.0. The Hall–Kier alpha value is -1.63. The first-order valence-corrected chi connectivity index (χ1v) is 14.3. The molecular formula is C28H56N4O3. The number of primary amides is 1. The van der Waals surface area contributed by atoms with Gasteiger partial charge in [0, 0.05) is 31.8 Å². The summed E-state index contributed by atoms with van der Waals surface area (Å²) in [5.74, 6) is -0.504. The number of nitrogens with one attached hydrogen (secondary N) is 2. The summed E-state index contributed by atoms with van der Waals surface area (Å²) >= 11 is 0. The summed E-state index contributed by atoms with van der Waals surface area (Å²) in [4.78, 5) is 37.5. The van der Waals surface area contributed by atoms with Crippen LogP contribution in [-0.2, 0) is 14.4 Å². The highest BCUT2D eigenvalue weighted by molar-refractivity contribution is 5.82. The van der Waals surface area contributed by atoms with E-state index in [-0.39, 0.29) is 30.7 Å². The fraction of sp³-hybridized carbons (Fsp3) is 0.893. The second-order valence-electron chi connectivity index (χ2n) is 10.3. The number of nitrogens with zero attached hydrogens (tertiary/aromatic N) is 1. The predicted molar refractivity (Wildman–Crippen MR) is 146 cm³/mol. The van der Waals surface area contributed by atoms with Crippen LogP contribution in [0.25, 0.3) is 0 Å². The molecule has 0 spiro atoms. The molecule has 0 aromatic rings. The lowest BCUT2D eigenvalue weighted by Crippen LogP contribution is -2.38. The van der Waals surface area contributed by atoms with Crippen molar-refractivity contribution in [3.8, 4) is 0 Å². The van der Waals surface area contributed by atoms with Crippen molar-refractivity contribution in [2.24, 2.45) is 5.73 Å². The molecule has 0 saturated heterocycles. The molecule has 0 aromatic carbocycles. The van der Waals surface area contributed by atoms with E-state index in [9.17, 15) is 14.4 Å². The van der Waals surface area contributed by atoms with Gasteiger partial charge in [-0.1, -0.05) is 84.0 Å². The van der Waals surface area contributed by atoms with Crippen LogP contribution in [0.5, 0.6) is 0 Å². The molecule has 0 heterocycles. The number of hydrogen-bond acceptors (Lipinski definition) is 4. The molecule has 0 aliphatic rings. The fourth-order valence-electron chi connectivity index (χ4n) is 4.24. The third-order valence-corrected chi connectivity index (χ3v) is 6.44. The van der Waals surface area contributed by atoms with E-state index < -0.39 is 5.91 Å². The Morgan fingerprint density at radius 1 is 0.686 bits per heavy atom. The van der Waals surface area contributed by atoms with Gasteiger partial charge in [0.2, 0.25) is 17.7 Å². The fourth-order valence-corrected chi connectivity index (χ4v) is 4.24. The minimum Gasteiger partial charge on any atom is -0.370 e. The Bertz CT molecular complexity index is 540. The van der Waals surface area contributed by atoms with Gasteiger partial charge in [0.25, 0.3) is 0 Å². The largest absolute Gasteiger partial charge is 0.370 e. The van der Waals surface area contributed by atoms with Crippen LogP contribution in [0, 0.1) is 0 Å². The number of amides is 3. The van der Waals surface area contributed by atoms with Crippen molar-refractivity contribution in [1.29, 1.82) is 0 Å².